The van der Waals surface area contributed by atoms with Gasteiger partial charge in [-0.2, -0.15) is 13.2 Å². The number of carbonyl (C=O) groups is 1. The summed E-state index contributed by atoms with van der Waals surface area (Å²) in [5, 5.41) is 4.00. The average molecular weight is 480 g/mol. The van der Waals surface area contributed by atoms with Gasteiger partial charge in [-0.05, 0) is 54.4 Å². The monoisotopic (exact) mass is 480 g/mol. The van der Waals surface area contributed by atoms with Crippen LogP contribution in [0.5, 0.6) is 5.75 Å². The van der Waals surface area contributed by atoms with Crippen LogP contribution in [0.1, 0.15) is 23.6 Å². The number of hydrogen-bond donors (Lipinski definition) is 0. The molecule has 0 aromatic heterocycles. The van der Waals surface area contributed by atoms with Crippen molar-refractivity contribution < 1.29 is 37.0 Å². The van der Waals surface area contributed by atoms with Crippen molar-refractivity contribution in [1.82, 2.24) is 4.90 Å². The Balaban J connectivity index is 1.42. The van der Waals surface area contributed by atoms with E-state index in [1.54, 1.807) is 25.0 Å². The topological polar surface area (TPSA) is 69.6 Å². The van der Waals surface area contributed by atoms with E-state index in [4.69, 9.17) is 19.0 Å². The molecule has 2 aromatic carbocycles. The lowest BCUT2D eigenvalue weighted by atomic mass is 10.1. The van der Waals surface area contributed by atoms with Crippen LogP contribution >= 0.6 is 0 Å². The fourth-order valence-corrected chi connectivity index (χ4v) is 3.35. The van der Waals surface area contributed by atoms with E-state index in [-0.39, 0.29) is 31.8 Å². The van der Waals surface area contributed by atoms with Crippen molar-refractivity contribution in [2.45, 2.75) is 25.8 Å². The van der Waals surface area contributed by atoms with Crippen LogP contribution in [0.25, 0.3) is 0 Å². The van der Waals surface area contributed by atoms with Gasteiger partial charge in [0.2, 0.25) is 0 Å². The van der Waals surface area contributed by atoms with E-state index in [9.17, 15) is 18.0 Å². The van der Waals surface area contributed by atoms with Gasteiger partial charge in [-0.25, -0.2) is 0 Å². The molecule has 1 aliphatic rings. The van der Waals surface area contributed by atoms with Crippen molar-refractivity contribution in [1.29, 1.82) is 0 Å². The number of oxime groups is 1. The molecule has 3 rings (SSSR count). The van der Waals surface area contributed by atoms with E-state index >= 15 is 0 Å². The van der Waals surface area contributed by atoms with Crippen LogP contribution in [0, 0.1) is 0 Å². The number of nitrogens with zero attached hydrogens (tertiary/aromatic N) is 2. The summed E-state index contributed by atoms with van der Waals surface area (Å²) in [7, 11) is 1.59. The Morgan fingerprint density at radius 3 is 2.68 bits per heavy atom. The lowest BCUT2D eigenvalue weighted by Crippen LogP contribution is -2.48. The summed E-state index contributed by atoms with van der Waals surface area (Å²) in [6.45, 7) is 2.76. The molecule has 184 valence electrons. The third-order valence-electron chi connectivity index (χ3n) is 5.22. The van der Waals surface area contributed by atoms with E-state index < -0.39 is 11.7 Å². The molecule has 0 saturated carbocycles. The van der Waals surface area contributed by atoms with E-state index in [0.717, 1.165) is 23.4 Å². The molecule has 34 heavy (non-hydrogen) atoms. The summed E-state index contributed by atoms with van der Waals surface area (Å²) in [6.07, 6.45) is -4.78. The van der Waals surface area contributed by atoms with E-state index in [1.807, 2.05) is 24.3 Å². The minimum absolute atomic E-state index is 0.0141. The molecule has 1 fully saturated rings. The number of methoxy groups -OCH3 is 1. The predicted octanol–water partition coefficient (Wildman–Crippen LogP) is 3.90. The van der Waals surface area contributed by atoms with Crippen LogP contribution in [0.2, 0.25) is 0 Å². The van der Waals surface area contributed by atoms with E-state index in [1.165, 1.54) is 6.07 Å². The van der Waals surface area contributed by atoms with E-state index in [0.29, 0.717) is 31.0 Å². The van der Waals surface area contributed by atoms with Gasteiger partial charge in [-0.3, -0.25) is 4.79 Å². The van der Waals surface area contributed by atoms with E-state index in [2.05, 4.69) is 5.16 Å². The Morgan fingerprint density at radius 1 is 1.21 bits per heavy atom. The number of carbonyl (C=O) groups excluding carboxylic acids is 1. The highest BCUT2D eigenvalue weighted by Crippen LogP contribution is 2.29. The molecule has 1 unspecified atom stereocenters. The molecule has 0 radical (unpaired) electrons. The number of morpholine rings is 1. The first-order chi connectivity index (χ1) is 16.3. The summed E-state index contributed by atoms with van der Waals surface area (Å²) in [4.78, 5) is 19.3. The Labute approximate surface area is 196 Å². The van der Waals surface area contributed by atoms with Crippen molar-refractivity contribution in [3.63, 3.8) is 0 Å². The second kappa shape index (κ2) is 11.8. The van der Waals surface area contributed by atoms with Crippen LogP contribution < -0.4 is 4.74 Å². The van der Waals surface area contributed by atoms with Crippen LogP contribution in [0.15, 0.2) is 53.7 Å². The summed E-state index contributed by atoms with van der Waals surface area (Å²) >= 11 is 0. The first-order valence-electron chi connectivity index (χ1n) is 10.7. The maximum atomic E-state index is 12.8. The lowest BCUT2D eigenvalue weighted by Gasteiger charge is -2.32. The van der Waals surface area contributed by atoms with Gasteiger partial charge in [-0.1, -0.05) is 17.3 Å². The molecule has 1 aliphatic heterocycles. The molecular formula is C24H27F3N2O5. The van der Waals surface area contributed by atoms with Gasteiger partial charge < -0.3 is 23.9 Å². The average Bonchev–Trinajstić information content (AvgIpc) is 2.84. The lowest BCUT2D eigenvalue weighted by molar-refractivity contribution is -0.146. The molecule has 1 heterocycles. The molecule has 0 N–H and O–H groups in total. The highest BCUT2D eigenvalue weighted by Gasteiger charge is 2.30. The molecule has 0 spiro atoms. The van der Waals surface area contributed by atoms with Crippen LogP contribution in [-0.2, 0) is 31.9 Å². The standard InChI is InChI=1S/C24H27F3N2O5/c1-17(19-6-8-21(31-2)9-7-19)28-34-16-23(30)29-10-11-33-22(13-29)15-32-14-18-4-3-5-20(12-18)24(25,26)27/h3-9,12,22H,10-11,13-16H2,1-2H3/b28-17+. The highest BCUT2D eigenvalue weighted by molar-refractivity contribution is 5.98. The van der Waals surface area contributed by atoms with Crippen molar-refractivity contribution in [3.05, 3.63) is 65.2 Å². The first-order valence-corrected chi connectivity index (χ1v) is 10.7. The zero-order chi connectivity index (χ0) is 24.6. The maximum absolute atomic E-state index is 12.8. The second-order valence-electron chi connectivity index (χ2n) is 7.72. The number of alkyl halides is 3. The summed E-state index contributed by atoms with van der Waals surface area (Å²) in [5.41, 5.74) is 1.16. The Bertz CT molecular complexity index is 979. The summed E-state index contributed by atoms with van der Waals surface area (Å²) in [6, 6.07) is 12.3. The summed E-state index contributed by atoms with van der Waals surface area (Å²) < 4.78 is 54.8. The van der Waals surface area contributed by atoms with Crippen molar-refractivity contribution in [2.24, 2.45) is 5.16 Å². The van der Waals surface area contributed by atoms with Crippen molar-refractivity contribution in [2.75, 3.05) is 40.0 Å². The SMILES string of the molecule is COc1ccc(/C(C)=N/OCC(=O)N2CCOC(COCc3cccc(C(F)(F)F)c3)C2)cc1. The van der Waals surface area contributed by atoms with Crippen molar-refractivity contribution >= 4 is 11.6 Å². The third kappa shape index (κ3) is 7.46. The molecule has 7 nitrogen and oxygen atoms in total. The molecule has 1 amide bonds. The molecule has 2 aromatic rings. The number of hydrogen-bond acceptors (Lipinski definition) is 6. The number of ether oxygens (including phenoxy) is 3. The minimum atomic E-state index is -4.40. The molecule has 0 bridgehead atoms. The van der Waals surface area contributed by atoms with Gasteiger partial charge >= 0.3 is 6.18 Å². The van der Waals surface area contributed by atoms with Gasteiger partial charge in [0.05, 0.1) is 44.3 Å². The number of halogens is 3. The second-order valence-corrected chi connectivity index (χ2v) is 7.72. The zero-order valence-corrected chi connectivity index (χ0v) is 19.0. The summed E-state index contributed by atoms with van der Waals surface area (Å²) in [5.74, 6) is 0.491. The van der Waals surface area contributed by atoms with Gasteiger partial charge in [0.25, 0.3) is 5.91 Å². The normalized spacial score (nSPS) is 16.9. The van der Waals surface area contributed by atoms with Gasteiger partial charge in [-0.15, -0.1) is 0 Å². The van der Waals surface area contributed by atoms with Crippen LogP contribution in [-0.4, -0.2) is 62.6 Å². The van der Waals surface area contributed by atoms with Gasteiger partial charge in [0.15, 0.2) is 6.61 Å². The number of benzene rings is 2. The third-order valence-corrected chi connectivity index (χ3v) is 5.22. The van der Waals surface area contributed by atoms with Crippen molar-refractivity contribution in [3.8, 4) is 5.75 Å². The quantitative estimate of drug-likeness (QED) is 0.402. The smallest absolute Gasteiger partial charge is 0.416 e. The zero-order valence-electron chi connectivity index (χ0n) is 19.0. The van der Waals surface area contributed by atoms with Crippen LogP contribution in [0.3, 0.4) is 0 Å². The minimum Gasteiger partial charge on any atom is -0.497 e. The molecule has 1 saturated heterocycles. The maximum Gasteiger partial charge on any atom is 0.416 e. The predicted molar refractivity (Wildman–Crippen MR) is 119 cm³/mol. The molecule has 10 heteroatoms. The molecule has 0 aliphatic carbocycles. The first kappa shape index (κ1) is 25.5. The largest absolute Gasteiger partial charge is 0.497 e. The van der Waals surface area contributed by atoms with Gasteiger partial charge in [0.1, 0.15) is 5.75 Å². The van der Waals surface area contributed by atoms with Crippen LogP contribution in [0.4, 0.5) is 13.2 Å². The Morgan fingerprint density at radius 2 is 1.97 bits per heavy atom. The molecular weight excluding hydrogens is 453 g/mol. The Hall–Kier alpha value is -3.11. The highest BCUT2D eigenvalue weighted by atomic mass is 19.4. The fourth-order valence-electron chi connectivity index (χ4n) is 3.35. The molecule has 1 atom stereocenters. The fraction of sp³-hybridized carbons (Fsp3) is 0.417. The number of rotatable bonds is 9. The van der Waals surface area contributed by atoms with Gasteiger partial charge in [0, 0.05) is 13.1 Å². The number of amides is 1. The Kier molecular flexibility index (Phi) is 8.89.